The number of benzene rings is 2. The van der Waals surface area contributed by atoms with Gasteiger partial charge >= 0.3 is 19.7 Å². The normalized spacial score (nSPS) is 11.7. The number of carbonyl (C=O) groups is 3. The van der Waals surface area contributed by atoms with E-state index < -0.39 is 30.1 Å². The topological polar surface area (TPSA) is 145 Å². The smallest absolute Gasteiger partial charge is 0.480 e. The lowest BCUT2D eigenvalue weighted by molar-refractivity contribution is -0.142. The van der Waals surface area contributed by atoms with Gasteiger partial charge < -0.3 is 30.5 Å². The molecular formula is C20H24BN2O7. The predicted octanol–water partition coefficient (Wildman–Crippen LogP) is 0.619. The molecule has 0 aromatic heterocycles. The number of carbonyl (C=O) groups excluding carboxylic acids is 2. The van der Waals surface area contributed by atoms with Crippen LogP contribution >= 0.6 is 0 Å². The van der Waals surface area contributed by atoms with Crippen molar-refractivity contribution in [2.45, 2.75) is 32.0 Å². The van der Waals surface area contributed by atoms with Gasteiger partial charge in [0, 0.05) is 6.42 Å². The SMILES string of the molecule is CC(NC(=O)OCc1ccccc1)C(=O)NC(Cc1ccccc1)C(=O)O.O[B]O. The number of alkyl carbamates (subject to hydrolysis) is 1. The third-order valence-corrected chi connectivity index (χ3v) is 3.84. The van der Waals surface area contributed by atoms with Crippen LogP contribution in [0.15, 0.2) is 60.7 Å². The average Bonchev–Trinajstić information content (AvgIpc) is 2.73. The van der Waals surface area contributed by atoms with Crippen LogP contribution in [0.5, 0.6) is 0 Å². The fourth-order valence-corrected chi connectivity index (χ4v) is 2.35. The maximum absolute atomic E-state index is 12.2. The Labute approximate surface area is 175 Å². The second kappa shape index (κ2) is 13.8. The van der Waals surface area contributed by atoms with E-state index in [0.717, 1.165) is 11.1 Å². The van der Waals surface area contributed by atoms with E-state index in [1.807, 2.05) is 36.4 Å². The van der Waals surface area contributed by atoms with E-state index >= 15 is 0 Å². The summed E-state index contributed by atoms with van der Waals surface area (Å²) in [4.78, 5) is 35.4. The van der Waals surface area contributed by atoms with Crippen molar-refractivity contribution in [3.8, 4) is 0 Å². The summed E-state index contributed by atoms with van der Waals surface area (Å²) in [6, 6.07) is 16.1. The molecule has 2 aromatic carbocycles. The van der Waals surface area contributed by atoms with E-state index in [9.17, 15) is 19.5 Å². The third-order valence-electron chi connectivity index (χ3n) is 3.84. The molecule has 0 spiro atoms. The summed E-state index contributed by atoms with van der Waals surface area (Å²) in [5.74, 6) is -1.75. The van der Waals surface area contributed by atoms with Crippen LogP contribution in [-0.4, -0.2) is 52.9 Å². The van der Waals surface area contributed by atoms with Gasteiger partial charge in [0.05, 0.1) is 0 Å². The maximum atomic E-state index is 12.2. The lowest BCUT2D eigenvalue weighted by Gasteiger charge is -2.18. The van der Waals surface area contributed by atoms with E-state index in [1.165, 1.54) is 6.92 Å². The Hall–Kier alpha value is -3.37. The van der Waals surface area contributed by atoms with Crippen molar-refractivity contribution < 1.29 is 34.3 Å². The fourth-order valence-electron chi connectivity index (χ4n) is 2.35. The zero-order valence-electron chi connectivity index (χ0n) is 16.4. The minimum atomic E-state index is -1.15. The summed E-state index contributed by atoms with van der Waals surface area (Å²) in [5.41, 5.74) is 1.60. The van der Waals surface area contributed by atoms with Crippen molar-refractivity contribution in [3.05, 3.63) is 71.8 Å². The molecule has 2 unspecified atom stereocenters. The molecule has 30 heavy (non-hydrogen) atoms. The minimum absolute atomic E-state index is 0. The Morgan fingerprint density at radius 2 is 1.43 bits per heavy atom. The third kappa shape index (κ3) is 9.72. The van der Waals surface area contributed by atoms with Crippen molar-refractivity contribution in [1.82, 2.24) is 10.6 Å². The molecule has 0 saturated heterocycles. The lowest BCUT2D eigenvalue weighted by Crippen LogP contribution is -2.51. The second-order valence-electron chi connectivity index (χ2n) is 6.13. The molecule has 2 amide bonds. The van der Waals surface area contributed by atoms with E-state index in [4.69, 9.17) is 14.8 Å². The van der Waals surface area contributed by atoms with Crippen LogP contribution < -0.4 is 10.6 Å². The largest absolute Gasteiger partial charge is 0.482 e. The van der Waals surface area contributed by atoms with Crippen LogP contribution in [0.3, 0.4) is 0 Å². The highest BCUT2D eigenvalue weighted by molar-refractivity contribution is 6.13. The number of hydrogen-bond acceptors (Lipinski definition) is 6. The van der Waals surface area contributed by atoms with Crippen molar-refractivity contribution >= 4 is 25.7 Å². The first kappa shape index (κ1) is 24.7. The van der Waals surface area contributed by atoms with Gasteiger partial charge in [0.1, 0.15) is 18.7 Å². The van der Waals surface area contributed by atoms with Gasteiger partial charge in [0.25, 0.3) is 0 Å². The van der Waals surface area contributed by atoms with Crippen LogP contribution in [-0.2, 0) is 27.4 Å². The molecule has 2 aromatic rings. The van der Waals surface area contributed by atoms with Crippen molar-refractivity contribution in [1.29, 1.82) is 0 Å². The quantitative estimate of drug-likeness (QED) is 0.398. The zero-order chi connectivity index (χ0) is 22.4. The molecule has 0 saturated carbocycles. The summed E-state index contributed by atoms with van der Waals surface area (Å²) in [5, 5.41) is 28.2. The highest BCUT2D eigenvalue weighted by Crippen LogP contribution is 2.04. The van der Waals surface area contributed by atoms with E-state index in [2.05, 4.69) is 10.6 Å². The number of carboxylic acid groups (broad SMARTS) is 1. The van der Waals surface area contributed by atoms with Gasteiger partial charge in [-0.05, 0) is 18.1 Å². The van der Waals surface area contributed by atoms with Crippen LogP contribution in [0.25, 0.3) is 0 Å². The zero-order valence-corrected chi connectivity index (χ0v) is 16.4. The molecule has 0 aliphatic rings. The Kier molecular flexibility index (Phi) is 11.3. The van der Waals surface area contributed by atoms with E-state index in [1.54, 1.807) is 24.3 Å². The van der Waals surface area contributed by atoms with Gasteiger partial charge in [0.15, 0.2) is 0 Å². The van der Waals surface area contributed by atoms with Crippen molar-refractivity contribution in [2.75, 3.05) is 0 Å². The number of aliphatic carboxylic acids is 1. The minimum Gasteiger partial charge on any atom is -0.480 e. The Morgan fingerprint density at radius 3 is 1.93 bits per heavy atom. The first-order chi connectivity index (χ1) is 14.4. The molecule has 2 rings (SSSR count). The van der Waals surface area contributed by atoms with Crippen LogP contribution in [0, 0.1) is 0 Å². The number of amides is 2. The molecular weight excluding hydrogens is 391 g/mol. The molecule has 0 aliphatic carbocycles. The average molecular weight is 415 g/mol. The highest BCUT2D eigenvalue weighted by Gasteiger charge is 2.24. The summed E-state index contributed by atoms with van der Waals surface area (Å²) < 4.78 is 5.05. The fraction of sp³-hybridized carbons (Fsp3) is 0.250. The molecule has 0 bridgehead atoms. The molecule has 2 atom stereocenters. The lowest BCUT2D eigenvalue weighted by atomic mass is 10.1. The molecule has 0 heterocycles. The van der Waals surface area contributed by atoms with Gasteiger partial charge in [-0.1, -0.05) is 60.7 Å². The van der Waals surface area contributed by atoms with Gasteiger partial charge in [-0.3, -0.25) is 4.79 Å². The first-order valence-electron chi connectivity index (χ1n) is 9.01. The predicted molar refractivity (Wildman–Crippen MR) is 109 cm³/mol. The molecule has 1 radical (unpaired) electrons. The summed E-state index contributed by atoms with van der Waals surface area (Å²) in [6.07, 6.45) is -0.607. The molecule has 159 valence electrons. The van der Waals surface area contributed by atoms with Gasteiger partial charge in [-0.2, -0.15) is 0 Å². The van der Waals surface area contributed by atoms with Crippen LogP contribution in [0.2, 0.25) is 0 Å². The molecule has 0 aliphatic heterocycles. The van der Waals surface area contributed by atoms with Gasteiger partial charge in [0.2, 0.25) is 5.91 Å². The summed E-state index contributed by atoms with van der Waals surface area (Å²) in [6.45, 7) is 1.54. The Bertz CT molecular complexity index is 790. The van der Waals surface area contributed by atoms with Crippen molar-refractivity contribution in [3.63, 3.8) is 0 Å². The number of nitrogens with one attached hydrogen (secondary N) is 2. The highest BCUT2D eigenvalue weighted by atomic mass is 16.5. The molecule has 9 nitrogen and oxygen atoms in total. The summed E-state index contributed by atoms with van der Waals surface area (Å²) in [7, 11) is 0. The standard InChI is InChI=1S/C20H22N2O5.BH2O2/c1-14(21-20(26)27-13-16-10-6-3-7-11-16)18(23)22-17(19(24)25)12-15-8-4-2-5-9-15;2-1-3/h2-11,14,17H,12-13H2,1H3,(H,21,26)(H,22,23)(H,24,25);2-3H. The molecule has 5 N–H and O–H groups in total. The van der Waals surface area contributed by atoms with Crippen LogP contribution in [0.4, 0.5) is 4.79 Å². The first-order valence-corrected chi connectivity index (χ1v) is 9.01. The summed E-state index contributed by atoms with van der Waals surface area (Å²) >= 11 is 0. The van der Waals surface area contributed by atoms with Crippen molar-refractivity contribution in [2.24, 2.45) is 0 Å². The maximum Gasteiger partial charge on any atom is 0.482 e. The van der Waals surface area contributed by atoms with E-state index in [0.29, 0.717) is 0 Å². The molecule has 10 heteroatoms. The number of carboxylic acids is 1. The number of ether oxygens (including phenoxy) is 1. The Balaban J connectivity index is 0.00000141. The van der Waals surface area contributed by atoms with E-state index in [-0.39, 0.29) is 20.7 Å². The second-order valence-corrected chi connectivity index (χ2v) is 6.13. The van der Waals surface area contributed by atoms with Crippen LogP contribution in [0.1, 0.15) is 18.1 Å². The van der Waals surface area contributed by atoms with Gasteiger partial charge in [-0.15, -0.1) is 0 Å². The Morgan fingerprint density at radius 1 is 0.933 bits per heavy atom. The molecule has 0 fully saturated rings. The monoisotopic (exact) mass is 415 g/mol. The van der Waals surface area contributed by atoms with Gasteiger partial charge in [-0.25, -0.2) is 9.59 Å². The number of rotatable bonds is 8. The number of hydrogen-bond donors (Lipinski definition) is 5.